The molecule has 0 bridgehead atoms. The predicted molar refractivity (Wildman–Crippen MR) is 53.4 cm³/mol. The van der Waals surface area contributed by atoms with Gasteiger partial charge in [-0.2, -0.15) is 0 Å². The Bertz CT molecular complexity index is 316. The SMILES string of the molecule is Cc1cc([C@H](N)C2CC2)cnc1C. The molecule has 1 fully saturated rings. The van der Waals surface area contributed by atoms with Gasteiger partial charge < -0.3 is 5.73 Å². The van der Waals surface area contributed by atoms with Crippen molar-refractivity contribution >= 4 is 0 Å². The highest BCUT2D eigenvalue weighted by Gasteiger charge is 2.29. The van der Waals surface area contributed by atoms with Crippen molar-refractivity contribution in [2.24, 2.45) is 11.7 Å². The lowest BCUT2D eigenvalue weighted by atomic mass is 10.0. The van der Waals surface area contributed by atoms with Crippen LogP contribution in [-0.2, 0) is 0 Å². The summed E-state index contributed by atoms with van der Waals surface area (Å²) >= 11 is 0. The van der Waals surface area contributed by atoms with E-state index in [-0.39, 0.29) is 6.04 Å². The maximum atomic E-state index is 6.08. The molecular weight excluding hydrogens is 160 g/mol. The Morgan fingerprint density at radius 1 is 1.46 bits per heavy atom. The number of aryl methyl sites for hydroxylation is 2. The maximum absolute atomic E-state index is 6.08. The fraction of sp³-hybridized carbons (Fsp3) is 0.545. The van der Waals surface area contributed by atoms with E-state index in [4.69, 9.17) is 5.73 Å². The quantitative estimate of drug-likeness (QED) is 0.749. The molecule has 1 heterocycles. The van der Waals surface area contributed by atoms with Crippen LogP contribution in [0.15, 0.2) is 12.3 Å². The van der Waals surface area contributed by atoms with Crippen LogP contribution in [0.25, 0.3) is 0 Å². The van der Waals surface area contributed by atoms with Crippen LogP contribution < -0.4 is 5.73 Å². The lowest BCUT2D eigenvalue weighted by Gasteiger charge is -2.11. The van der Waals surface area contributed by atoms with Crippen LogP contribution >= 0.6 is 0 Å². The second kappa shape index (κ2) is 3.11. The van der Waals surface area contributed by atoms with Gasteiger partial charge in [0, 0.05) is 17.9 Å². The van der Waals surface area contributed by atoms with Crippen molar-refractivity contribution in [3.05, 3.63) is 29.1 Å². The molecule has 2 heteroatoms. The molecule has 0 radical (unpaired) electrons. The van der Waals surface area contributed by atoms with Gasteiger partial charge in [0.25, 0.3) is 0 Å². The third-order valence-electron chi connectivity index (χ3n) is 2.88. The number of aromatic nitrogens is 1. The van der Waals surface area contributed by atoms with Gasteiger partial charge >= 0.3 is 0 Å². The highest BCUT2D eigenvalue weighted by molar-refractivity contribution is 5.26. The minimum Gasteiger partial charge on any atom is -0.324 e. The van der Waals surface area contributed by atoms with Crippen molar-refractivity contribution < 1.29 is 0 Å². The number of rotatable bonds is 2. The third-order valence-corrected chi connectivity index (χ3v) is 2.88. The van der Waals surface area contributed by atoms with Crippen molar-refractivity contribution in [3.8, 4) is 0 Å². The zero-order valence-electron chi connectivity index (χ0n) is 8.25. The van der Waals surface area contributed by atoms with E-state index in [1.807, 2.05) is 13.1 Å². The first-order valence-electron chi connectivity index (χ1n) is 4.87. The van der Waals surface area contributed by atoms with Crippen molar-refractivity contribution in [1.29, 1.82) is 0 Å². The van der Waals surface area contributed by atoms with E-state index in [0.717, 1.165) is 5.69 Å². The molecule has 13 heavy (non-hydrogen) atoms. The number of hydrogen-bond donors (Lipinski definition) is 1. The molecule has 0 aromatic carbocycles. The summed E-state index contributed by atoms with van der Waals surface area (Å²) in [5.74, 6) is 0.712. The first kappa shape index (κ1) is 8.70. The summed E-state index contributed by atoms with van der Waals surface area (Å²) < 4.78 is 0. The average Bonchev–Trinajstić information content (AvgIpc) is 2.91. The molecule has 1 saturated carbocycles. The summed E-state index contributed by atoms with van der Waals surface area (Å²) in [5, 5.41) is 0. The normalized spacial score (nSPS) is 18.7. The Labute approximate surface area is 79.2 Å². The van der Waals surface area contributed by atoms with Crippen LogP contribution in [0.3, 0.4) is 0 Å². The second-order valence-electron chi connectivity index (χ2n) is 4.03. The molecule has 0 spiro atoms. The first-order valence-corrected chi connectivity index (χ1v) is 4.87. The smallest absolute Gasteiger partial charge is 0.0402 e. The van der Waals surface area contributed by atoms with E-state index < -0.39 is 0 Å². The molecule has 1 aliphatic rings. The van der Waals surface area contributed by atoms with Crippen LogP contribution in [0, 0.1) is 19.8 Å². The van der Waals surface area contributed by atoms with E-state index in [1.54, 1.807) is 0 Å². The average molecular weight is 176 g/mol. The summed E-state index contributed by atoms with van der Waals surface area (Å²) in [6.07, 6.45) is 4.49. The van der Waals surface area contributed by atoms with E-state index in [2.05, 4.69) is 18.0 Å². The van der Waals surface area contributed by atoms with Crippen LogP contribution in [0.2, 0.25) is 0 Å². The minimum absolute atomic E-state index is 0.215. The van der Waals surface area contributed by atoms with Crippen LogP contribution in [0.5, 0.6) is 0 Å². The Morgan fingerprint density at radius 2 is 2.15 bits per heavy atom. The monoisotopic (exact) mass is 176 g/mol. The zero-order valence-corrected chi connectivity index (χ0v) is 8.25. The van der Waals surface area contributed by atoms with Crippen molar-refractivity contribution in [2.75, 3.05) is 0 Å². The number of nitrogens with two attached hydrogens (primary N) is 1. The number of pyridine rings is 1. The van der Waals surface area contributed by atoms with Gasteiger partial charge in [-0.25, -0.2) is 0 Å². The van der Waals surface area contributed by atoms with E-state index in [9.17, 15) is 0 Å². The molecule has 0 unspecified atom stereocenters. The number of hydrogen-bond acceptors (Lipinski definition) is 2. The molecule has 70 valence electrons. The van der Waals surface area contributed by atoms with Crippen LogP contribution in [0.1, 0.15) is 35.7 Å². The Balaban J connectivity index is 2.24. The summed E-state index contributed by atoms with van der Waals surface area (Å²) in [6.45, 7) is 4.12. The number of nitrogens with zero attached hydrogens (tertiary/aromatic N) is 1. The minimum atomic E-state index is 0.215. The van der Waals surface area contributed by atoms with E-state index in [1.165, 1.54) is 24.0 Å². The van der Waals surface area contributed by atoms with E-state index in [0.29, 0.717) is 5.92 Å². The van der Waals surface area contributed by atoms with Crippen LogP contribution in [0.4, 0.5) is 0 Å². The highest BCUT2D eigenvalue weighted by Crippen LogP contribution is 2.39. The van der Waals surface area contributed by atoms with Gasteiger partial charge in [-0.15, -0.1) is 0 Å². The van der Waals surface area contributed by atoms with Crippen molar-refractivity contribution in [1.82, 2.24) is 4.98 Å². The van der Waals surface area contributed by atoms with Crippen molar-refractivity contribution in [3.63, 3.8) is 0 Å². The fourth-order valence-electron chi connectivity index (χ4n) is 1.57. The Morgan fingerprint density at radius 3 is 2.69 bits per heavy atom. The highest BCUT2D eigenvalue weighted by atomic mass is 14.7. The third kappa shape index (κ3) is 1.73. The van der Waals surface area contributed by atoms with Crippen LogP contribution in [-0.4, -0.2) is 4.98 Å². The molecule has 1 aromatic rings. The fourth-order valence-corrected chi connectivity index (χ4v) is 1.57. The van der Waals surface area contributed by atoms with Gasteiger partial charge in [0.2, 0.25) is 0 Å². The first-order chi connectivity index (χ1) is 6.18. The lowest BCUT2D eigenvalue weighted by Crippen LogP contribution is -2.13. The molecule has 1 atom stereocenters. The molecule has 1 aliphatic carbocycles. The van der Waals surface area contributed by atoms with Gasteiger partial charge in [0.15, 0.2) is 0 Å². The van der Waals surface area contributed by atoms with Gasteiger partial charge in [0.05, 0.1) is 0 Å². The molecule has 2 nitrogen and oxygen atoms in total. The second-order valence-corrected chi connectivity index (χ2v) is 4.03. The summed E-state index contributed by atoms with van der Waals surface area (Å²) in [6, 6.07) is 2.39. The molecular formula is C11H16N2. The molecule has 1 aromatic heterocycles. The lowest BCUT2D eigenvalue weighted by molar-refractivity contribution is 0.630. The maximum Gasteiger partial charge on any atom is 0.0402 e. The Hall–Kier alpha value is -0.890. The van der Waals surface area contributed by atoms with Gasteiger partial charge in [-0.05, 0) is 43.7 Å². The summed E-state index contributed by atoms with van der Waals surface area (Å²) in [5.41, 5.74) is 9.63. The van der Waals surface area contributed by atoms with Gasteiger partial charge in [-0.3, -0.25) is 4.98 Å². The molecule has 0 saturated heterocycles. The largest absolute Gasteiger partial charge is 0.324 e. The zero-order chi connectivity index (χ0) is 9.42. The molecule has 2 rings (SSSR count). The van der Waals surface area contributed by atoms with E-state index >= 15 is 0 Å². The molecule has 2 N–H and O–H groups in total. The standard InChI is InChI=1S/C11H16N2/c1-7-5-10(6-13-8(7)2)11(12)9-3-4-9/h5-6,9,11H,3-4,12H2,1-2H3/t11-/m1/s1. The molecule has 0 amide bonds. The molecule has 0 aliphatic heterocycles. The summed E-state index contributed by atoms with van der Waals surface area (Å²) in [4.78, 5) is 4.33. The van der Waals surface area contributed by atoms with Crippen molar-refractivity contribution in [2.45, 2.75) is 32.7 Å². The Kier molecular flexibility index (Phi) is 2.08. The topological polar surface area (TPSA) is 38.9 Å². The van der Waals surface area contributed by atoms with Gasteiger partial charge in [0.1, 0.15) is 0 Å². The van der Waals surface area contributed by atoms with Gasteiger partial charge in [-0.1, -0.05) is 6.07 Å². The predicted octanol–water partition coefficient (Wildman–Crippen LogP) is 2.11. The summed E-state index contributed by atoms with van der Waals surface area (Å²) in [7, 11) is 0.